The summed E-state index contributed by atoms with van der Waals surface area (Å²) in [5.74, 6) is 1.12. The molecule has 0 bridgehead atoms. The maximum atomic E-state index is 12.0. The molecule has 2 heterocycles. The molecule has 2 aliphatic rings. The maximum absolute atomic E-state index is 12.0. The monoisotopic (exact) mass is 290 g/mol. The van der Waals surface area contributed by atoms with Gasteiger partial charge in [-0.2, -0.15) is 0 Å². The van der Waals surface area contributed by atoms with E-state index in [9.17, 15) is 4.79 Å². The van der Waals surface area contributed by atoms with Gasteiger partial charge >= 0.3 is 6.09 Å². The second kappa shape index (κ2) is 5.26. The number of hydrogen-bond acceptors (Lipinski definition) is 5. The summed E-state index contributed by atoms with van der Waals surface area (Å²) in [6, 6.07) is 0.504. The smallest absolute Gasteiger partial charge is 0.410 e. The standard InChI is InChI=1S/C15H22N4O2/c1-15(2,3)21-14(20)19-7-11-12(8-19)13(11)18-6-10-4-16-9-17-5-10/h4-5,9,11-13,18H,6-8H2,1-3H3. The van der Waals surface area contributed by atoms with Crippen molar-refractivity contribution in [3.8, 4) is 0 Å². The van der Waals surface area contributed by atoms with Crippen LogP contribution in [-0.2, 0) is 11.3 Å². The minimum atomic E-state index is -0.422. The van der Waals surface area contributed by atoms with E-state index in [-0.39, 0.29) is 6.09 Å². The molecule has 0 aromatic carbocycles. The molecule has 1 saturated carbocycles. The van der Waals surface area contributed by atoms with Crippen molar-refractivity contribution in [2.24, 2.45) is 11.8 Å². The van der Waals surface area contributed by atoms with Gasteiger partial charge in [-0.25, -0.2) is 14.8 Å². The minimum Gasteiger partial charge on any atom is -0.444 e. The first kappa shape index (κ1) is 14.3. The van der Waals surface area contributed by atoms with Crippen molar-refractivity contribution in [3.05, 3.63) is 24.3 Å². The van der Waals surface area contributed by atoms with Crippen LogP contribution >= 0.6 is 0 Å². The summed E-state index contributed by atoms with van der Waals surface area (Å²) in [5, 5.41) is 3.52. The van der Waals surface area contributed by atoms with Gasteiger partial charge in [0.05, 0.1) is 0 Å². The van der Waals surface area contributed by atoms with Crippen molar-refractivity contribution in [2.45, 2.75) is 39.0 Å². The van der Waals surface area contributed by atoms with Crippen LogP contribution in [0.15, 0.2) is 18.7 Å². The molecule has 2 atom stereocenters. The third-order valence-electron chi connectivity index (χ3n) is 4.00. The van der Waals surface area contributed by atoms with Crippen molar-refractivity contribution < 1.29 is 9.53 Å². The summed E-state index contributed by atoms with van der Waals surface area (Å²) in [7, 11) is 0. The van der Waals surface area contributed by atoms with Gasteiger partial charge in [0.1, 0.15) is 11.9 Å². The number of nitrogens with one attached hydrogen (secondary N) is 1. The van der Waals surface area contributed by atoms with Gasteiger partial charge in [-0.1, -0.05) is 0 Å². The molecule has 1 aromatic rings. The van der Waals surface area contributed by atoms with Crippen LogP contribution < -0.4 is 5.32 Å². The largest absolute Gasteiger partial charge is 0.444 e. The van der Waals surface area contributed by atoms with Gasteiger partial charge in [-0.15, -0.1) is 0 Å². The topological polar surface area (TPSA) is 67.3 Å². The Morgan fingerprint density at radius 1 is 1.33 bits per heavy atom. The minimum absolute atomic E-state index is 0.190. The van der Waals surface area contributed by atoms with E-state index in [1.807, 2.05) is 38.1 Å². The normalized spacial score (nSPS) is 27.4. The predicted octanol–water partition coefficient (Wildman–Crippen LogP) is 1.43. The summed E-state index contributed by atoms with van der Waals surface area (Å²) < 4.78 is 5.41. The van der Waals surface area contributed by atoms with Crippen LogP contribution in [0.2, 0.25) is 0 Å². The van der Waals surface area contributed by atoms with Gasteiger partial charge in [0.2, 0.25) is 0 Å². The first-order valence-corrected chi connectivity index (χ1v) is 7.39. The Hall–Kier alpha value is -1.69. The molecule has 1 saturated heterocycles. The summed E-state index contributed by atoms with van der Waals surface area (Å²) >= 11 is 0. The lowest BCUT2D eigenvalue weighted by Gasteiger charge is -2.26. The Bertz CT molecular complexity index is 502. The molecule has 21 heavy (non-hydrogen) atoms. The number of carbonyl (C=O) groups excluding carboxylic acids is 1. The Labute approximate surface area is 124 Å². The number of fused-ring (bicyclic) bond motifs is 1. The number of hydrogen-bond donors (Lipinski definition) is 1. The second-order valence-electron chi connectivity index (χ2n) is 6.87. The molecule has 6 nitrogen and oxygen atoms in total. The van der Waals surface area contributed by atoms with Gasteiger partial charge in [-0.3, -0.25) is 0 Å². The summed E-state index contributed by atoms with van der Waals surface area (Å²) in [5.41, 5.74) is 0.668. The number of aromatic nitrogens is 2. The van der Waals surface area contributed by atoms with Crippen LogP contribution in [0.5, 0.6) is 0 Å². The van der Waals surface area contributed by atoms with Crippen LogP contribution in [-0.4, -0.2) is 45.7 Å². The number of amides is 1. The van der Waals surface area contributed by atoms with Gasteiger partial charge in [0, 0.05) is 43.6 Å². The van der Waals surface area contributed by atoms with Gasteiger partial charge in [-0.05, 0) is 32.6 Å². The summed E-state index contributed by atoms with van der Waals surface area (Å²) in [6.07, 6.45) is 5.00. The highest BCUT2D eigenvalue weighted by Gasteiger charge is 2.56. The van der Waals surface area contributed by atoms with Crippen LogP contribution in [0.3, 0.4) is 0 Å². The highest BCUT2D eigenvalue weighted by Crippen LogP contribution is 2.45. The van der Waals surface area contributed by atoms with Crippen LogP contribution in [0.25, 0.3) is 0 Å². The molecule has 2 unspecified atom stereocenters. The molecule has 3 rings (SSSR count). The molecule has 6 heteroatoms. The van der Waals surface area contributed by atoms with E-state index in [4.69, 9.17) is 4.74 Å². The molecule has 1 aliphatic heterocycles. The van der Waals surface area contributed by atoms with Crippen molar-refractivity contribution in [2.75, 3.05) is 13.1 Å². The van der Waals surface area contributed by atoms with Gasteiger partial charge in [0.15, 0.2) is 0 Å². The van der Waals surface area contributed by atoms with Crippen molar-refractivity contribution in [1.82, 2.24) is 20.2 Å². The molecule has 0 radical (unpaired) electrons. The Morgan fingerprint density at radius 3 is 2.52 bits per heavy atom. The second-order valence-corrected chi connectivity index (χ2v) is 6.87. The fourth-order valence-corrected chi connectivity index (χ4v) is 2.96. The number of nitrogens with zero attached hydrogens (tertiary/aromatic N) is 3. The Morgan fingerprint density at radius 2 is 1.95 bits per heavy atom. The van der Waals surface area contributed by atoms with Crippen molar-refractivity contribution in [3.63, 3.8) is 0 Å². The SMILES string of the molecule is CC(C)(C)OC(=O)N1CC2C(C1)C2NCc1cncnc1. The average Bonchev–Trinajstić information content (AvgIpc) is 2.87. The first-order chi connectivity index (χ1) is 9.94. The van der Waals surface area contributed by atoms with Gasteiger partial charge < -0.3 is 15.0 Å². The van der Waals surface area contributed by atoms with Crippen LogP contribution in [0.1, 0.15) is 26.3 Å². The molecule has 1 aromatic heterocycles. The number of rotatable bonds is 3. The summed E-state index contributed by atoms with van der Waals surface area (Å²) in [4.78, 5) is 21.8. The molecule has 0 spiro atoms. The highest BCUT2D eigenvalue weighted by atomic mass is 16.6. The third-order valence-corrected chi connectivity index (χ3v) is 4.00. The van der Waals surface area contributed by atoms with Crippen molar-refractivity contribution >= 4 is 6.09 Å². The number of ether oxygens (including phenoxy) is 1. The quantitative estimate of drug-likeness (QED) is 0.912. The van der Waals surface area contributed by atoms with Gasteiger partial charge in [0.25, 0.3) is 0 Å². The Balaban J connectivity index is 1.43. The predicted molar refractivity (Wildman–Crippen MR) is 77.4 cm³/mol. The van der Waals surface area contributed by atoms with Crippen LogP contribution in [0, 0.1) is 11.8 Å². The zero-order valence-corrected chi connectivity index (χ0v) is 12.7. The average molecular weight is 290 g/mol. The van der Waals surface area contributed by atoms with Crippen LogP contribution in [0.4, 0.5) is 4.79 Å². The fraction of sp³-hybridized carbons (Fsp3) is 0.667. The molecule has 1 amide bonds. The van der Waals surface area contributed by atoms with E-state index >= 15 is 0 Å². The molecule has 1 aliphatic carbocycles. The molecule has 2 fully saturated rings. The molecular formula is C15H22N4O2. The van der Waals surface area contributed by atoms with E-state index in [1.165, 1.54) is 6.33 Å². The molecule has 1 N–H and O–H groups in total. The fourth-order valence-electron chi connectivity index (χ4n) is 2.96. The first-order valence-electron chi connectivity index (χ1n) is 7.39. The van der Waals surface area contributed by atoms with E-state index in [0.717, 1.165) is 25.2 Å². The lowest BCUT2D eigenvalue weighted by molar-refractivity contribution is 0.0269. The zero-order valence-electron chi connectivity index (χ0n) is 12.7. The zero-order chi connectivity index (χ0) is 15.0. The third kappa shape index (κ3) is 3.32. The number of piperidine rings is 1. The van der Waals surface area contributed by atoms with E-state index < -0.39 is 5.60 Å². The molecule has 114 valence electrons. The Kier molecular flexibility index (Phi) is 3.57. The number of carbonyl (C=O) groups is 1. The van der Waals surface area contributed by atoms with Crippen molar-refractivity contribution in [1.29, 1.82) is 0 Å². The van der Waals surface area contributed by atoms with E-state index in [2.05, 4.69) is 15.3 Å². The summed E-state index contributed by atoms with van der Waals surface area (Å²) in [6.45, 7) is 8.06. The number of likely N-dealkylation sites (tertiary alicyclic amines) is 1. The maximum Gasteiger partial charge on any atom is 0.410 e. The lowest BCUT2D eigenvalue weighted by atomic mass is 10.2. The molecular weight excluding hydrogens is 268 g/mol. The lowest BCUT2D eigenvalue weighted by Crippen LogP contribution is -2.39. The highest BCUT2D eigenvalue weighted by molar-refractivity contribution is 5.69. The van der Waals surface area contributed by atoms with E-state index in [1.54, 1.807) is 0 Å². The van der Waals surface area contributed by atoms with E-state index in [0.29, 0.717) is 17.9 Å².